The maximum atomic E-state index is 11.4. The fourth-order valence-corrected chi connectivity index (χ4v) is 2.47. The molecule has 0 amide bonds. The zero-order chi connectivity index (χ0) is 17.4. The average molecular weight is 315 g/mol. The van der Waals surface area contributed by atoms with Crippen molar-refractivity contribution in [3.8, 4) is 0 Å². The van der Waals surface area contributed by atoms with Crippen LogP contribution in [0.4, 0.5) is 5.69 Å². The molecule has 1 aromatic rings. The van der Waals surface area contributed by atoms with Crippen molar-refractivity contribution in [3.05, 3.63) is 54.5 Å². The van der Waals surface area contributed by atoms with Crippen molar-refractivity contribution in [1.29, 1.82) is 0 Å². The number of nitrogens with one attached hydrogen (secondary N) is 2. The highest BCUT2D eigenvalue weighted by molar-refractivity contribution is 5.77. The number of aryl methyl sites for hydroxylation is 1. The van der Waals surface area contributed by atoms with Gasteiger partial charge in [0.1, 0.15) is 5.78 Å². The number of nitrogens with zero attached hydrogens (tertiary/aromatic N) is 1. The molecule has 0 aliphatic rings. The van der Waals surface area contributed by atoms with Crippen LogP contribution < -0.4 is 10.6 Å². The van der Waals surface area contributed by atoms with E-state index in [1.807, 2.05) is 24.0 Å². The number of carbonyl (C=O) groups excluding carboxylic acids is 1. The molecule has 0 saturated heterocycles. The topological polar surface area (TPSA) is 44.4 Å². The molecule has 0 spiro atoms. The second kappa shape index (κ2) is 9.03. The van der Waals surface area contributed by atoms with Gasteiger partial charge in [0, 0.05) is 17.9 Å². The molecule has 0 aromatic heterocycles. The van der Waals surface area contributed by atoms with E-state index in [-0.39, 0.29) is 11.8 Å². The highest BCUT2D eigenvalue weighted by atomic mass is 16.1. The summed E-state index contributed by atoms with van der Waals surface area (Å²) in [6, 6.07) is 8.17. The van der Waals surface area contributed by atoms with Gasteiger partial charge in [0.15, 0.2) is 0 Å². The smallest absolute Gasteiger partial charge is 0.149 e. The molecule has 4 nitrogen and oxygen atoms in total. The molecule has 0 aliphatic heterocycles. The lowest BCUT2D eigenvalue weighted by molar-refractivity contribution is -0.117. The normalized spacial score (nSPS) is 11.5. The number of likely N-dealkylation sites (N-methyl/N-ethyl adjacent to an activating group) is 1. The first-order chi connectivity index (χ1) is 10.9. The lowest BCUT2D eigenvalue weighted by Gasteiger charge is -2.31. The minimum atomic E-state index is 0.0408. The van der Waals surface area contributed by atoms with Crippen LogP contribution in [0.25, 0.3) is 0 Å². The predicted molar refractivity (Wildman–Crippen MR) is 98.2 cm³/mol. The van der Waals surface area contributed by atoms with Gasteiger partial charge in [0.25, 0.3) is 0 Å². The summed E-state index contributed by atoms with van der Waals surface area (Å²) in [6.07, 6.45) is 0.863. The van der Waals surface area contributed by atoms with Crippen LogP contribution in [-0.4, -0.2) is 29.8 Å². The van der Waals surface area contributed by atoms with Crippen LogP contribution in [0.15, 0.2) is 48.9 Å². The second-order valence-corrected chi connectivity index (χ2v) is 5.79. The fraction of sp³-hybridized carbons (Fsp3) is 0.421. The second-order valence-electron chi connectivity index (χ2n) is 5.79. The molecule has 23 heavy (non-hydrogen) atoms. The monoisotopic (exact) mass is 315 g/mol. The van der Waals surface area contributed by atoms with Crippen molar-refractivity contribution < 1.29 is 4.79 Å². The van der Waals surface area contributed by atoms with Crippen molar-refractivity contribution in [1.82, 2.24) is 10.2 Å². The third kappa shape index (κ3) is 6.19. The molecule has 1 aromatic carbocycles. The Morgan fingerprint density at radius 3 is 2.52 bits per heavy atom. The number of rotatable bonds is 10. The molecule has 4 heteroatoms. The summed E-state index contributed by atoms with van der Waals surface area (Å²) < 4.78 is 0. The molecule has 0 radical (unpaired) electrons. The molecular weight excluding hydrogens is 286 g/mol. The Morgan fingerprint density at radius 2 is 2.00 bits per heavy atom. The van der Waals surface area contributed by atoms with Gasteiger partial charge in [-0.15, -0.1) is 0 Å². The van der Waals surface area contributed by atoms with E-state index in [0.717, 1.165) is 30.2 Å². The number of hydrogen-bond donors (Lipinski definition) is 2. The van der Waals surface area contributed by atoms with E-state index in [1.54, 1.807) is 6.92 Å². The summed E-state index contributed by atoms with van der Waals surface area (Å²) in [5.74, 6) is 0.863. The minimum absolute atomic E-state index is 0.0408. The summed E-state index contributed by atoms with van der Waals surface area (Å²) in [4.78, 5) is 13.4. The van der Waals surface area contributed by atoms with Crippen molar-refractivity contribution in [2.75, 3.05) is 18.4 Å². The average Bonchev–Trinajstić information content (AvgIpc) is 2.49. The predicted octanol–water partition coefficient (Wildman–Crippen LogP) is 3.67. The third-order valence-electron chi connectivity index (χ3n) is 3.67. The van der Waals surface area contributed by atoms with E-state index in [2.05, 4.69) is 49.8 Å². The zero-order valence-electron chi connectivity index (χ0n) is 14.8. The highest BCUT2D eigenvalue weighted by Gasteiger charge is 2.17. The van der Waals surface area contributed by atoms with Gasteiger partial charge in [0.05, 0.1) is 18.4 Å². The molecule has 0 aliphatic carbocycles. The molecule has 1 unspecified atom stereocenters. The largest absolute Gasteiger partial charge is 0.367 e. The van der Waals surface area contributed by atoms with Crippen LogP contribution in [-0.2, 0) is 4.79 Å². The molecule has 0 saturated carbocycles. The Labute approximate surface area is 140 Å². The van der Waals surface area contributed by atoms with Crippen molar-refractivity contribution in [2.45, 2.75) is 40.2 Å². The number of Topliss-reactive ketones (excluding diaryl/α,β-unsaturated/α-hetero) is 1. The maximum absolute atomic E-state index is 11.4. The number of hydrogen-bond acceptors (Lipinski definition) is 4. The van der Waals surface area contributed by atoms with Gasteiger partial charge in [-0.05, 0) is 44.9 Å². The fourth-order valence-electron chi connectivity index (χ4n) is 2.47. The van der Waals surface area contributed by atoms with Crippen LogP contribution in [0.2, 0.25) is 0 Å². The number of anilines is 1. The third-order valence-corrected chi connectivity index (χ3v) is 3.67. The van der Waals surface area contributed by atoms with Crippen LogP contribution in [0.3, 0.4) is 0 Å². The number of benzene rings is 1. The Morgan fingerprint density at radius 1 is 1.30 bits per heavy atom. The summed E-state index contributed by atoms with van der Waals surface area (Å²) in [5, 5.41) is 6.63. The first kappa shape index (κ1) is 18.8. The van der Waals surface area contributed by atoms with E-state index in [9.17, 15) is 4.79 Å². The van der Waals surface area contributed by atoms with Gasteiger partial charge in [-0.25, -0.2) is 0 Å². The Balaban J connectivity index is 2.68. The molecule has 0 bridgehead atoms. The molecular formula is C19H29N3O. The summed E-state index contributed by atoms with van der Waals surface area (Å²) >= 11 is 0. The van der Waals surface area contributed by atoms with E-state index >= 15 is 0 Å². The van der Waals surface area contributed by atoms with Gasteiger partial charge in [-0.1, -0.05) is 32.2 Å². The minimum Gasteiger partial charge on any atom is -0.367 e. The summed E-state index contributed by atoms with van der Waals surface area (Å²) in [5.41, 5.74) is 3.11. The molecule has 126 valence electrons. The number of carbonyl (C=O) groups is 1. The maximum Gasteiger partial charge on any atom is 0.149 e. The molecule has 1 rings (SSSR count). The van der Waals surface area contributed by atoms with E-state index in [0.29, 0.717) is 6.54 Å². The van der Waals surface area contributed by atoms with E-state index in [4.69, 9.17) is 0 Å². The van der Waals surface area contributed by atoms with Gasteiger partial charge in [-0.3, -0.25) is 4.79 Å². The highest BCUT2D eigenvalue weighted by Crippen LogP contribution is 2.14. The van der Waals surface area contributed by atoms with Crippen molar-refractivity contribution in [2.24, 2.45) is 0 Å². The lowest BCUT2D eigenvalue weighted by Crippen LogP contribution is -2.40. The standard InChI is InChI=1S/C19H29N3O/c1-7-19(16(5)22(8-2)13-15(4)23)21-17(6)20-18-11-9-10-14(3)12-18/h9-12,19-21H,5-8,13H2,1-4H3. The SMILES string of the molecule is C=C(Nc1cccc(C)c1)NC(CC)C(=C)N(CC)CC(C)=O. The van der Waals surface area contributed by atoms with Crippen LogP contribution in [0, 0.1) is 6.92 Å². The Kier molecular flexibility index (Phi) is 7.39. The van der Waals surface area contributed by atoms with E-state index < -0.39 is 0 Å². The van der Waals surface area contributed by atoms with Gasteiger partial charge in [-0.2, -0.15) is 0 Å². The number of ketones is 1. The van der Waals surface area contributed by atoms with Crippen LogP contribution >= 0.6 is 0 Å². The Bertz CT molecular complexity index is 565. The van der Waals surface area contributed by atoms with Gasteiger partial charge in [0.2, 0.25) is 0 Å². The molecule has 0 heterocycles. The van der Waals surface area contributed by atoms with Crippen molar-refractivity contribution in [3.63, 3.8) is 0 Å². The van der Waals surface area contributed by atoms with Crippen LogP contribution in [0.1, 0.15) is 32.8 Å². The zero-order valence-corrected chi connectivity index (χ0v) is 14.8. The molecule has 1 atom stereocenters. The molecule has 0 fully saturated rings. The first-order valence-electron chi connectivity index (χ1n) is 8.09. The molecule has 2 N–H and O–H groups in total. The van der Waals surface area contributed by atoms with Gasteiger partial charge >= 0.3 is 0 Å². The van der Waals surface area contributed by atoms with E-state index in [1.165, 1.54) is 5.56 Å². The lowest BCUT2D eigenvalue weighted by atomic mass is 10.1. The summed E-state index contributed by atoms with van der Waals surface area (Å²) in [7, 11) is 0. The Hall–Kier alpha value is -2.23. The van der Waals surface area contributed by atoms with Gasteiger partial charge < -0.3 is 15.5 Å². The first-order valence-corrected chi connectivity index (χ1v) is 8.09. The van der Waals surface area contributed by atoms with Crippen molar-refractivity contribution >= 4 is 11.5 Å². The quantitative estimate of drug-likeness (QED) is 0.691. The summed E-state index contributed by atoms with van der Waals surface area (Å²) in [6.45, 7) is 17.1. The van der Waals surface area contributed by atoms with Crippen LogP contribution in [0.5, 0.6) is 0 Å².